The van der Waals surface area contributed by atoms with Crippen LogP contribution in [-0.4, -0.2) is 56.0 Å². The molecule has 1 aromatic rings. The molecule has 0 fully saturated rings. The summed E-state index contributed by atoms with van der Waals surface area (Å²) in [6, 6.07) is 5.11. The first-order valence-electron chi connectivity index (χ1n) is 6.56. The molecule has 0 saturated heterocycles. The van der Waals surface area contributed by atoms with Gasteiger partial charge < -0.3 is 20.3 Å². The Hall–Kier alpha value is -1.75. The lowest BCUT2D eigenvalue weighted by molar-refractivity contribution is 0.0812. The molecule has 0 aromatic heterocycles. The maximum Gasteiger partial charge on any atom is 0.257 e. The van der Waals surface area contributed by atoms with Crippen molar-refractivity contribution in [3.63, 3.8) is 0 Å². The first kappa shape index (κ1) is 16.3. The number of ether oxygens (including phenoxy) is 1. The van der Waals surface area contributed by atoms with Gasteiger partial charge in [0.1, 0.15) is 12.4 Å². The van der Waals surface area contributed by atoms with Crippen molar-refractivity contribution in [2.75, 3.05) is 40.5 Å². The Morgan fingerprint density at radius 3 is 2.35 bits per heavy atom. The van der Waals surface area contributed by atoms with Crippen LogP contribution in [0.2, 0.25) is 0 Å². The Kier molecular flexibility index (Phi) is 5.00. The van der Waals surface area contributed by atoms with Crippen molar-refractivity contribution in [1.82, 2.24) is 9.80 Å². The predicted molar refractivity (Wildman–Crippen MR) is 82.1 cm³/mol. The van der Waals surface area contributed by atoms with Crippen LogP contribution in [0, 0.1) is 0 Å². The van der Waals surface area contributed by atoms with Crippen molar-refractivity contribution in [3.8, 4) is 5.75 Å². The number of nitrogens with zero attached hydrogens (tertiary/aromatic N) is 2. The molecule has 0 saturated carbocycles. The number of likely N-dealkylation sites (N-methyl/N-ethyl adjacent to an activating group) is 1. The molecule has 0 atom stereocenters. The molecule has 0 unspecified atom stereocenters. The van der Waals surface area contributed by atoms with Gasteiger partial charge in [0.15, 0.2) is 0 Å². The molecule has 0 aliphatic rings. The number of anilines is 1. The fraction of sp³-hybridized carbons (Fsp3) is 0.533. The molecule has 0 aliphatic heterocycles. The molecule has 112 valence electrons. The first-order valence-corrected chi connectivity index (χ1v) is 6.56. The Morgan fingerprint density at radius 1 is 1.25 bits per heavy atom. The minimum absolute atomic E-state index is 0.0948. The van der Waals surface area contributed by atoms with Crippen molar-refractivity contribution < 1.29 is 9.53 Å². The van der Waals surface area contributed by atoms with Crippen LogP contribution in [0.1, 0.15) is 24.2 Å². The highest BCUT2D eigenvalue weighted by Gasteiger charge is 2.23. The second-order valence-corrected chi connectivity index (χ2v) is 5.95. The summed E-state index contributed by atoms with van der Waals surface area (Å²) in [6.07, 6.45) is 0. The van der Waals surface area contributed by atoms with E-state index in [2.05, 4.69) is 18.7 Å². The molecule has 5 heteroatoms. The third-order valence-corrected chi connectivity index (χ3v) is 3.43. The van der Waals surface area contributed by atoms with E-state index in [0.717, 1.165) is 0 Å². The van der Waals surface area contributed by atoms with Crippen LogP contribution < -0.4 is 10.5 Å². The van der Waals surface area contributed by atoms with Gasteiger partial charge in [0.2, 0.25) is 0 Å². The summed E-state index contributed by atoms with van der Waals surface area (Å²) in [7, 11) is 7.42. The van der Waals surface area contributed by atoms with E-state index in [9.17, 15) is 4.79 Å². The lowest BCUT2D eigenvalue weighted by Crippen LogP contribution is -2.43. The van der Waals surface area contributed by atoms with Crippen LogP contribution in [0.25, 0.3) is 0 Å². The second kappa shape index (κ2) is 6.13. The van der Waals surface area contributed by atoms with Crippen molar-refractivity contribution in [1.29, 1.82) is 0 Å². The molecular formula is C15H25N3O2. The highest BCUT2D eigenvalue weighted by molar-refractivity contribution is 5.97. The SMILES string of the molecule is CN(C)C(=O)c1ccc(N)cc1OCC(C)(C)N(C)C. The highest BCUT2D eigenvalue weighted by atomic mass is 16.5. The van der Waals surface area contributed by atoms with Crippen LogP contribution >= 0.6 is 0 Å². The molecule has 1 amide bonds. The standard InChI is InChI=1S/C15H25N3O2/c1-15(2,18(5)6)10-20-13-9-11(16)7-8-12(13)14(19)17(3)4/h7-9H,10,16H2,1-6H3. The van der Waals surface area contributed by atoms with Crippen molar-refractivity contribution >= 4 is 11.6 Å². The van der Waals surface area contributed by atoms with E-state index in [1.165, 1.54) is 4.90 Å². The van der Waals surface area contributed by atoms with E-state index < -0.39 is 0 Å². The van der Waals surface area contributed by atoms with Crippen molar-refractivity contribution in [2.24, 2.45) is 0 Å². The zero-order valence-electron chi connectivity index (χ0n) is 13.2. The van der Waals surface area contributed by atoms with Crippen LogP contribution in [-0.2, 0) is 0 Å². The number of carbonyl (C=O) groups excluding carboxylic acids is 1. The van der Waals surface area contributed by atoms with Gasteiger partial charge in [0.05, 0.1) is 5.56 Å². The number of nitrogens with two attached hydrogens (primary N) is 1. The van der Waals surface area contributed by atoms with Gasteiger partial charge in [-0.15, -0.1) is 0 Å². The average Bonchev–Trinajstić information content (AvgIpc) is 2.35. The smallest absolute Gasteiger partial charge is 0.257 e. The number of hydrogen-bond donors (Lipinski definition) is 1. The molecule has 1 aromatic carbocycles. The lowest BCUT2D eigenvalue weighted by Gasteiger charge is -2.32. The number of rotatable bonds is 5. The molecule has 1 rings (SSSR count). The van der Waals surface area contributed by atoms with Crippen molar-refractivity contribution in [3.05, 3.63) is 23.8 Å². The van der Waals surface area contributed by atoms with Gasteiger partial charge in [-0.05, 0) is 40.1 Å². The summed E-state index contributed by atoms with van der Waals surface area (Å²) in [5.41, 5.74) is 6.76. The minimum Gasteiger partial charge on any atom is -0.491 e. The summed E-state index contributed by atoms with van der Waals surface area (Å²) in [6.45, 7) is 4.62. The summed E-state index contributed by atoms with van der Waals surface area (Å²) >= 11 is 0. The summed E-state index contributed by atoms with van der Waals surface area (Å²) in [4.78, 5) is 15.7. The largest absolute Gasteiger partial charge is 0.491 e. The first-order chi connectivity index (χ1) is 9.15. The fourth-order valence-electron chi connectivity index (χ4n) is 1.46. The Balaban J connectivity index is 2.99. The van der Waals surface area contributed by atoms with Crippen LogP contribution in [0.5, 0.6) is 5.75 Å². The third kappa shape index (κ3) is 3.87. The van der Waals surface area contributed by atoms with Gasteiger partial charge in [-0.25, -0.2) is 0 Å². The van der Waals surface area contributed by atoms with E-state index in [-0.39, 0.29) is 11.4 Å². The quantitative estimate of drug-likeness (QED) is 0.833. The normalized spacial score (nSPS) is 11.6. The van der Waals surface area contributed by atoms with E-state index in [1.807, 2.05) is 14.1 Å². The second-order valence-electron chi connectivity index (χ2n) is 5.95. The number of hydrogen-bond acceptors (Lipinski definition) is 4. The van der Waals surface area contributed by atoms with Gasteiger partial charge in [-0.3, -0.25) is 4.79 Å². The molecule has 20 heavy (non-hydrogen) atoms. The zero-order chi connectivity index (χ0) is 15.5. The van der Waals surface area contributed by atoms with Gasteiger partial charge in [0.25, 0.3) is 5.91 Å². The number of nitrogen functional groups attached to an aromatic ring is 1. The maximum atomic E-state index is 12.1. The number of amides is 1. The number of carbonyl (C=O) groups is 1. The third-order valence-electron chi connectivity index (χ3n) is 3.43. The van der Waals surface area contributed by atoms with Gasteiger partial charge in [-0.2, -0.15) is 0 Å². The summed E-state index contributed by atoms with van der Waals surface area (Å²) < 4.78 is 5.85. The Labute approximate surface area is 121 Å². The van der Waals surface area contributed by atoms with Crippen LogP contribution in [0.4, 0.5) is 5.69 Å². The molecule has 0 spiro atoms. The summed E-state index contributed by atoms with van der Waals surface area (Å²) in [5.74, 6) is 0.432. The molecule has 2 N–H and O–H groups in total. The van der Waals surface area contributed by atoms with Crippen LogP contribution in [0.3, 0.4) is 0 Å². The molecule has 0 aliphatic carbocycles. The van der Waals surface area contributed by atoms with E-state index in [1.54, 1.807) is 32.3 Å². The Morgan fingerprint density at radius 2 is 1.85 bits per heavy atom. The Bertz CT molecular complexity index is 482. The molecule has 5 nitrogen and oxygen atoms in total. The number of benzene rings is 1. The van der Waals surface area contributed by atoms with Gasteiger partial charge in [0, 0.05) is 31.4 Å². The molecular weight excluding hydrogens is 254 g/mol. The minimum atomic E-state index is -0.136. The van der Waals surface area contributed by atoms with E-state index in [4.69, 9.17) is 10.5 Å². The average molecular weight is 279 g/mol. The van der Waals surface area contributed by atoms with E-state index >= 15 is 0 Å². The zero-order valence-corrected chi connectivity index (χ0v) is 13.2. The molecule has 0 heterocycles. The fourth-order valence-corrected chi connectivity index (χ4v) is 1.46. The maximum absolute atomic E-state index is 12.1. The van der Waals surface area contributed by atoms with Crippen LogP contribution in [0.15, 0.2) is 18.2 Å². The predicted octanol–water partition coefficient (Wildman–Crippen LogP) is 1.69. The lowest BCUT2D eigenvalue weighted by atomic mass is 10.1. The monoisotopic (exact) mass is 279 g/mol. The molecule has 0 bridgehead atoms. The van der Waals surface area contributed by atoms with Gasteiger partial charge in [-0.1, -0.05) is 0 Å². The highest BCUT2D eigenvalue weighted by Crippen LogP contribution is 2.24. The van der Waals surface area contributed by atoms with E-state index in [0.29, 0.717) is 23.6 Å². The topological polar surface area (TPSA) is 58.8 Å². The molecule has 0 radical (unpaired) electrons. The van der Waals surface area contributed by atoms with Gasteiger partial charge >= 0.3 is 0 Å². The summed E-state index contributed by atoms with van der Waals surface area (Å²) in [5, 5.41) is 0. The van der Waals surface area contributed by atoms with Crippen molar-refractivity contribution in [2.45, 2.75) is 19.4 Å².